The molecule has 0 atom stereocenters. The summed E-state index contributed by atoms with van der Waals surface area (Å²) in [4.78, 5) is 47.8. The zero-order valence-electron chi connectivity index (χ0n) is 18.3. The Morgan fingerprint density at radius 2 is 1.77 bits per heavy atom. The molecular weight excluding hydrogens is 485 g/mol. The summed E-state index contributed by atoms with van der Waals surface area (Å²) in [6.07, 6.45) is 0. The molecule has 2 amide bonds. The quantitative estimate of drug-likeness (QED) is 0.254. The molecule has 0 aliphatic heterocycles. The van der Waals surface area contributed by atoms with Crippen molar-refractivity contribution in [1.29, 1.82) is 0 Å². The van der Waals surface area contributed by atoms with E-state index in [9.17, 15) is 28.9 Å². The Morgan fingerprint density at radius 3 is 2.40 bits per heavy atom. The van der Waals surface area contributed by atoms with Gasteiger partial charge in [-0.3, -0.25) is 19.7 Å². The summed E-state index contributed by atoms with van der Waals surface area (Å²) in [5, 5.41) is 17.4. The van der Waals surface area contributed by atoms with E-state index in [1.807, 2.05) is 0 Å². The van der Waals surface area contributed by atoms with E-state index < -0.39 is 40.8 Å². The Morgan fingerprint density at radius 1 is 1.06 bits per heavy atom. The molecule has 1 aromatic heterocycles. The number of halogens is 1. The van der Waals surface area contributed by atoms with E-state index in [2.05, 4.69) is 10.6 Å². The van der Waals surface area contributed by atoms with Crippen molar-refractivity contribution in [2.24, 2.45) is 0 Å². The van der Waals surface area contributed by atoms with Crippen LogP contribution < -0.4 is 20.1 Å². The lowest BCUT2D eigenvalue weighted by molar-refractivity contribution is -0.387. The number of amides is 2. The first kappa shape index (κ1) is 25.1. The minimum absolute atomic E-state index is 0.0561. The summed E-state index contributed by atoms with van der Waals surface area (Å²) in [5.41, 5.74) is -0.941. The summed E-state index contributed by atoms with van der Waals surface area (Å²) in [6.45, 7) is -0.767. The van der Waals surface area contributed by atoms with Crippen LogP contribution in [0, 0.1) is 15.9 Å². The van der Waals surface area contributed by atoms with E-state index in [0.717, 1.165) is 18.2 Å². The van der Waals surface area contributed by atoms with Crippen LogP contribution in [-0.4, -0.2) is 43.5 Å². The van der Waals surface area contributed by atoms with Gasteiger partial charge in [-0.25, -0.2) is 4.79 Å². The maximum absolute atomic E-state index is 13.5. The molecule has 13 heteroatoms. The lowest BCUT2D eigenvalue weighted by atomic mass is 10.1. The number of anilines is 2. The van der Waals surface area contributed by atoms with Crippen LogP contribution >= 0.6 is 11.3 Å². The third-order valence-electron chi connectivity index (χ3n) is 4.50. The van der Waals surface area contributed by atoms with Gasteiger partial charge in [0.05, 0.1) is 35.3 Å². The lowest BCUT2D eigenvalue weighted by Gasteiger charge is -2.15. The molecule has 1 heterocycles. The number of carbonyl (C=O) groups is 3. The third kappa shape index (κ3) is 6.09. The number of esters is 1. The second-order valence-corrected chi connectivity index (χ2v) is 7.68. The van der Waals surface area contributed by atoms with Crippen molar-refractivity contribution in [3.8, 4) is 11.5 Å². The maximum Gasteiger partial charge on any atom is 0.340 e. The molecule has 11 nitrogen and oxygen atoms in total. The number of rotatable bonds is 9. The summed E-state index contributed by atoms with van der Waals surface area (Å²) < 4.78 is 28.9. The van der Waals surface area contributed by atoms with Gasteiger partial charge in [-0.2, -0.15) is 4.39 Å². The van der Waals surface area contributed by atoms with Crippen molar-refractivity contribution in [1.82, 2.24) is 0 Å². The number of benzene rings is 2. The minimum Gasteiger partial charge on any atom is -0.493 e. The van der Waals surface area contributed by atoms with Crippen molar-refractivity contribution in [3.63, 3.8) is 0 Å². The number of nitro groups is 1. The fourth-order valence-electron chi connectivity index (χ4n) is 2.88. The largest absolute Gasteiger partial charge is 0.493 e. The molecule has 2 N–H and O–H groups in total. The average molecular weight is 503 g/mol. The van der Waals surface area contributed by atoms with Crippen LogP contribution in [0.15, 0.2) is 47.8 Å². The average Bonchev–Trinajstić information content (AvgIpc) is 3.38. The second-order valence-electron chi connectivity index (χ2n) is 6.73. The van der Waals surface area contributed by atoms with Gasteiger partial charge in [0.15, 0.2) is 18.1 Å². The number of ether oxygens (including phenoxy) is 3. The van der Waals surface area contributed by atoms with E-state index in [1.54, 1.807) is 17.5 Å². The second kappa shape index (κ2) is 11.1. The highest BCUT2D eigenvalue weighted by Gasteiger charge is 2.22. The minimum atomic E-state index is -1.06. The normalized spacial score (nSPS) is 10.3. The van der Waals surface area contributed by atoms with E-state index >= 15 is 0 Å². The van der Waals surface area contributed by atoms with Gasteiger partial charge in [-0.15, -0.1) is 11.3 Å². The lowest BCUT2D eigenvalue weighted by Crippen LogP contribution is -2.22. The molecule has 2 aromatic carbocycles. The number of nitrogens with one attached hydrogen (secondary N) is 2. The molecule has 0 radical (unpaired) electrons. The highest BCUT2D eigenvalue weighted by atomic mass is 32.1. The molecule has 0 saturated carbocycles. The van der Waals surface area contributed by atoms with Gasteiger partial charge in [-0.1, -0.05) is 6.07 Å². The van der Waals surface area contributed by atoms with E-state index in [1.165, 1.54) is 37.7 Å². The third-order valence-corrected chi connectivity index (χ3v) is 5.37. The van der Waals surface area contributed by atoms with Gasteiger partial charge < -0.3 is 24.8 Å². The Balaban J connectivity index is 1.76. The fraction of sp³-hybridized carbons (Fsp3) is 0.136. The topological polar surface area (TPSA) is 146 Å². The molecule has 0 unspecified atom stereocenters. The SMILES string of the molecule is COc1cc(NC(=O)c2cccs2)c(C(=O)OCC(=O)Nc2ccc(F)c([N+](=O)[O-])c2)cc1OC. The Labute approximate surface area is 201 Å². The molecular formula is C22H18FN3O8S. The zero-order valence-corrected chi connectivity index (χ0v) is 19.1. The predicted octanol–water partition coefficient (Wildman–Crippen LogP) is 3.86. The van der Waals surface area contributed by atoms with Crippen LogP contribution in [0.2, 0.25) is 0 Å². The molecule has 0 spiro atoms. The number of nitro benzene ring substituents is 1. The van der Waals surface area contributed by atoms with Crippen molar-refractivity contribution >= 4 is 46.2 Å². The Kier molecular flexibility index (Phi) is 7.94. The van der Waals surface area contributed by atoms with Crippen molar-refractivity contribution in [2.75, 3.05) is 31.5 Å². The zero-order chi connectivity index (χ0) is 25.5. The highest BCUT2D eigenvalue weighted by molar-refractivity contribution is 7.12. The number of carbonyl (C=O) groups excluding carboxylic acids is 3. The van der Waals surface area contributed by atoms with Crippen LogP contribution in [0.25, 0.3) is 0 Å². The first-order valence-electron chi connectivity index (χ1n) is 9.75. The number of hydrogen-bond acceptors (Lipinski definition) is 9. The molecule has 0 aliphatic rings. The standard InChI is InChI=1S/C22H18FN3O8S/c1-32-17-9-13(15(10-18(17)33-2)25-21(28)19-4-3-7-35-19)22(29)34-11-20(27)24-12-5-6-14(23)16(8-12)26(30)31/h3-10H,11H2,1-2H3,(H,24,27)(H,25,28). The summed E-state index contributed by atoms with van der Waals surface area (Å²) in [6, 6.07) is 8.73. The van der Waals surface area contributed by atoms with Crippen molar-refractivity contribution in [3.05, 3.63) is 74.2 Å². The molecule has 3 aromatic rings. The summed E-state index contributed by atoms with van der Waals surface area (Å²) in [7, 11) is 2.73. The molecule has 182 valence electrons. The van der Waals surface area contributed by atoms with E-state index in [-0.39, 0.29) is 28.4 Å². The number of nitrogens with zero attached hydrogens (tertiary/aromatic N) is 1. The van der Waals surface area contributed by atoms with Gasteiger partial charge in [0, 0.05) is 23.9 Å². The molecule has 0 saturated heterocycles. The number of methoxy groups -OCH3 is 2. The summed E-state index contributed by atoms with van der Waals surface area (Å²) >= 11 is 1.20. The van der Waals surface area contributed by atoms with Crippen molar-refractivity contribution in [2.45, 2.75) is 0 Å². The van der Waals surface area contributed by atoms with E-state index in [4.69, 9.17) is 14.2 Å². The van der Waals surface area contributed by atoms with Gasteiger partial charge in [-0.05, 0) is 23.6 Å². The Bertz CT molecular complexity index is 1280. The number of hydrogen-bond donors (Lipinski definition) is 2. The maximum atomic E-state index is 13.5. The van der Waals surface area contributed by atoms with Gasteiger partial charge in [0.2, 0.25) is 5.82 Å². The van der Waals surface area contributed by atoms with Crippen molar-refractivity contribution < 1.29 is 37.9 Å². The van der Waals surface area contributed by atoms with Gasteiger partial charge >= 0.3 is 11.7 Å². The predicted molar refractivity (Wildman–Crippen MR) is 124 cm³/mol. The van der Waals surface area contributed by atoms with Crippen LogP contribution in [0.1, 0.15) is 20.0 Å². The van der Waals surface area contributed by atoms with Gasteiger partial charge in [0.25, 0.3) is 11.8 Å². The van der Waals surface area contributed by atoms with Crippen LogP contribution in [0.5, 0.6) is 11.5 Å². The number of thiophene rings is 1. The fourth-order valence-corrected chi connectivity index (χ4v) is 3.50. The Hall–Kier alpha value is -4.52. The van der Waals surface area contributed by atoms with Crippen LogP contribution in [0.4, 0.5) is 21.5 Å². The van der Waals surface area contributed by atoms with Gasteiger partial charge in [0.1, 0.15) is 0 Å². The molecule has 0 bridgehead atoms. The van der Waals surface area contributed by atoms with Crippen LogP contribution in [0.3, 0.4) is 0 Å². The molecule has 35 heavy (non-hydrogen) atoms. The monoisotopic (exact) mass is 503 g/mol. The van der Waals surface area contributed by atoms with Crippen LogP contribution in [-0.2, 0) is 9.53 Å². The van der Waals surface area contributed by atoms with E-state index in [0.29, 0.717) is 4.88 Å². The molecule has 0 fully saturated rings. The molecule has 0 aliphatic carbocycles. The molecule has 3 rings (SSSR count). The first-order valence-corrected chi connectivity index (χ1v) is 10.6. The summed E-state index contributed by atoms with van der Waals surface area (Å²) in [5.74, 6) is -2.92. The first-order chi connectivity index (χ1) is 16.7. The highest BCUT2D eigenvalue weighted by Crippen LogP contribution is 2.34. The smallest absolute Gasteiger partial charge is 0.340 e.